The van der Waals surface area contributed by atoms with E-state index in [1.165, 1.54) is 12.1 Å². The molecule has 1 aliphatic rings. The molecule has 1 N–H and O–H groups in total. The summed E-state index contributed by atoms with van der Waals surface area (Å²) in [6.07, 6.45) is 1.87. The molecule has 1 fully saturated rings. The van der Waals surface area contributed by atoms with Crippen LogP contribution in [0.3, 0.4) is 0 Å². The van der Waals surface area contributed by atoms with Crippen LogP contribution in [0, 0.1) is 0 Å². The Morgan fingerprint density at radius 1 is 1.22 bits per heavy atom. The number of nitrogens with zero attached hydrogens (tertiary/aromatic N) is 1. The van der Waals surface area contributed by atoms with Crippen LogP contribution in [0.1, 0.15) is 37.0 Å². The van der Waals surface area contributed by atoms with Crippen LogP contribution in [0.4, 0.5) is 0 Å². The van der Waals surface area contributed by atoms with Gasteiger partial charge in [0.1, 0.15) is 0 Å². The zero-order valence-corrected chi connectivity index (χ0v) is 14.6. The summed E-state index contributed by atoms with van der Waals surface area (Å²) in [7, 11) is -1.84. The summed E-state index contributed by atoms with van der Waals surface area (Å²) in [6, 6.07) is 5.90. The minimum absolute atomic E-state index is 0.0691. The maximum absolute atomic E-state index is 12.5. The Balaban J connectivity index is 2.06. The molecule has 0 atom stereocenters. The highest BCUT2D eigenvalue weighted by molar-refractivity contribution is 7.89. The number of rotatable bonds is 5. The number of sulfonamides is 1. The highest BCUT2D eigenvalue weighted by atomic mass is 32.2. The summed E-state index contributed by atoms with van der Waals surface area (Å²) in [6.45, 7) is 4.84. The van der Waals surface area contributed by atoms with E-state index in [1.54, 1.807) is 38.0 Å². The van der Waals surface area contributed by atoms with Crippen molar-refractivity contribution >= 4 is 15.9 Å². The molecular formula is C16H24N2O4S. The summed E-state index contributed by atoms with van der Waals surface area (Å²) < 4.78 is 32.0. The number of carbonyl (C=O) groups is 1. The minimum Gasteiger partial charge on any atom is -0.381 e. The van der Waals surface area contributed by atoms with Crippen molar-refractivity contribution in [1.82, 2.24) is 9.62 Å². The molecule has 0 radical (unpaired) electrons. The molecule has 0 aromatic heterocycles. The second-order valence-electron chi connectivity index (χ2n) is 6.03. The van der Waals surface area contributed by atoms with Crippen molar-refractivity contribution in [3.63, 3.8) is 0 Å². The van der Waals surface area contributed by atoms with Gasteiger partial charge in [-0.15, -0.1) is 0 Å². The van der Waals surface area contributed by atoms with Crippen LogP contribution in [-0.2, 0) is 14.8 Å². The fraction of sp³-hybridized carbons (Fsp3) is 0.562. The predicted molar refractivity (Wildman–Crippen MR) is 87.8 cm³/mol. The standard InChI is InChI=1S/C16H24N2O4S/c1-12(2)17-23(20,21)15-6-4-13(5-7-15)16(19)18-10-8-14(22-3)9-11-18/h4-7,12,14,17H,8-11H2,1-3H3. The van der Waals surface area contributed by atoms with Gasteiger partial charge < -0.3 is 9.64 Å². The molecule has 0 spiro atoms. The number of hydrogen-bond acceptors (Lipinski definition) is 4. The van der Waals surface area contributed by atoms with E-state index in [4.69, 9.17) is 4.74 Å². The molecule has 0 bridgehead atoms. The van der Waals surface area contributed by atoms with Gasteiger partial charge in [-0.1, -0.05) is 0 Å². The lowest BCUT2D eigenvalue weighted by Crippen LogP contribution is -2.40. The van der Waals surface area contributed by atoms with E-state index < -0.39 is 10.0 Å². The summed E-state index contributed by atoms with van der Waals surface area (Å²) in [4.78, 5) is 14.4. The molecule has 0 aliphatic carbocycles. The number of nitrogens with one attached hydrogen (secondary N) is 1. The Hall–Kier alpha value is -1.44. The van der Waals surface area contributed by atoms with Gasteiger partial charge in [0.2, 0.25) is 10.0 Å². The van der Waals surface area contributed by atoms with Crippen molar-refractivity contribution in [3.8, 4) is 0 Å². The molecule has 23 heavy (non-hydrogen) atoms. The molecule has 128 valence electrons. The van der Waals surface area contributed by atoms with Crippen LogP contribution in [0.5, 0.6) is 0 Å². The monoisotopic (exact) mass is 340 g/mol. The van der Waals surface area contributed by atoms with Gasteiger partial charge in [0.05, 0.1) is 11.0 Å². The lowest BCUT2D eigenvalue weighted by molar-refractivity contribution is 0.0350. The highest BCUT2D eigenvalue weighted by Crippen LogP contribution is 2.17. The topological polar surface area (TPSA) is 75.7 Å². The van der Waals surface area contributed by atoms with Crippen molar-refractivity contribution in [2.75, 3.05) is 20.2 Å². The van der Waals surface area contributed by atoms with Gasteiger partial charge >= 0.3 is 0 Å². The molecule has 7 heteroatoms. The molecule has 1 saturated heterocycles. The number of ether oxygens (including phenoxy) is 1. The minimum atomic E-state index is -3.53. The SMILES string of the molecule is COC1CCN(C(=O)c2ccc(S(=O)(=O)NC(C)C)cc2)CC1. The second-order valence-corrected chi connectivity index (χ2v) is 7.74. The summed E-state index contributed by atoms with van der Waals surface area (Å²) >= 11 is 0. The van der Waals surface area contributed by atoms with Gasteiger partial charge in [0.25, 0.3) is 5.91 Å². The van der Waals surface area contributed by atoms with E-state index in [0.717, 1.165) is 12.8 Å². The smallest absolute Gasteiger partial charge is 0.253 e. The lowest BCUT2D eigenvalue weighted by atomic mass is 10.1. The third-order valence-electron chi connectivity index (χ3n) is 3.86. The van der Waals surface area contributed by atoms with Gasteiger partial charge in [-0.25, -0.2) is 13.1 Å². The Morgan fingerprint density at radius 2 is 1.78 bits per heavy atom. The largest absolute Gasteiger partial charge is 0.381 e. The number of likely N-dealkylation sites (tertiary alicyclic amines) is 1. The van der Waals surface area contributed by atoms with Crippen LogP contribution >= 0.6 is 0 Å². The molecule has 6 nitrogen and oxygen atoms in total. The first-order chi connectivity index (χ1) is 10.8. The number of methoxy groups -OCH3 is 1. The number of amides is 1. The molecule has 1 aromatic carbocycles. The molecular weight excluding hydrogens is 316 g/mol. The zero-order chi connectivity index (χ0) is 17.0. The van der Waals surface area contributed by atoms with Crippen LogP contribution in [0.2, 0.25) is 0 Å². The molecule has 0 unspecified atom stereocenters. The number of hydrogen-bond donors (Lipinski definition) is 1. The van der Waals surface area contributed by atoms with Gasteiger partial charge in [-0.05, 0) is 51.0 Å². The van der Waals surface area contributed by atoms with Gasteiger partial charge in [-0.3, -0.25) is 4.79 Å². The first kappa shape index (κ1) is 17.9. The molecule has 1 heterocycles. The van der Waals surface area contributed by atoms with E-state index in [1.807, 2.05) is 0 Å². The van der Waals surface area contributed by atoms with Crippen molar-refractivity contribution in [2.24, 2.45) is 0 Å². The van der Waals surface area contributed by atoms with E-state index in [9.17, 15) is 13.2 Å². The van der Waals surface area contributed by atoms with Crippen molar-refractivity contribution in [1.29, 1.82) is 0 Å². The van der Waals surface area contributed by atoms with Gasteiger partial charge in [0, 0.05) is 31.8 Å². The Labute approximate surface area is 137 Å². The Bertz CT molecular complexity index is 633. The molecule has 1 amide bonds. The van der Waals surface area contributed by atoms with Crippen molar-refractivity contribution in [2.45, 2.75) is 43.7 Å². The lowest BCUT2D eigenvalue weighted by Gasteiger charge is -2.31. The van der Waals surface area contributed by atoms with Crippen molar-refractivity contribution < 1.29 is 17.9 Å². The molecule has 1 aliphatic heterocycles. The quantitative estimate of drug-likeness (QED) is 0.884. The van der Waals surface area contributed by atoms with Crippen LogP contribution in [0.25, 0.3) is 0 Å². The maximum Gasteiger partial charge on any atom is 0.253 e. The zero-order valence-electron chi connectivity index (χ0n) is 13.8. The third kappa shape index (κ3) is 4.53. The van der Waals surface area contributed by atoms with Crippen LogP contribution in [-0.4, -0.2) is 51.6 Å². The number of benzene rings is 1. The molecule has 0 saturated carbocycles. The van der Waals surface area contributed by atoms with E-state index in [2.05, 4.69) is 4.72 Å². The summed E-state index contributed by atoms with van der Waals surface area (Å²) in [5.41, 5.74) is 0.504. The Kier molecular flexibility index (Phi) is 5.78. The van der Waals surface area contributed by atoms with Gasteiger partial charge in [0.15, 0.2) is 0 Å². The Morgan fingerprint density at radius 3 is 2.26 bits per heavy atom. The summed E-state index contributed by atoms with van der Waals surface area (Å²) in [5.74, 6) is -0.0691. The maximum atomic E-state index is 12.5. The first-order valence-corrected chi connectivity index (χ1v) is 9.26. The predicted octanol–water partition coefficient (Wildman–Crippen LogP) is 1.62. The van der Waals surface area contributed by atoms with Crippen molar-refractivity contribution in [3.05, 3.63) is 29.8 Å². The van der Waals surface area contributed by atoms with E-state index >= 15 is 0 Å². The average molecular weight is 340 g/mol. The fourth-order valence-electron chi connectivity index (χ4n) is 2.63. The molecule has 1 aromatic rings. The van der Waals surface area contributed by atoms with E-state index in [0.29, 0.717) is 18.7 Å². The fourth-order valence-corrected chi connectivity index (χ4v) is 3.88. The van der Waals surface area contributed by atoms with Crippen LogP contribution in [0.15, 0.2) is 29.2 Å². The second kappa shape index (κ2) is 7.42. The number of piperidine rings is 1. The van der Waals surface area contributed by atoms with E-state index in [-0.39, 0.29) is 22.9 Å². The summed E-state index contributed by atoms with van der Waals surface area (Å²) in [5, 5.41) is 0. The first-order valence-electron chi connectivity index (χ1n) is 7.78. The highest BCUT2D eigenvalue weighted by Gasteiger charge is 2.24. The number of carbonyl (C=O) groups excluding carboxylic acids is 1. The molecule has 2 rings (SSSR count). The third-order valence-corrected chi connectivity index (χ3v) is 5.54. The average Bonchev–Trinajstić information content (AvgIpc) is 2.53. The van der Waals surface area contributed by atoms with Gasteiger partial charge in [-0.2, -0.15) is 0 Å². The van der Waals surface area contributed by atoms with Crippen LogP contribution < -0.4 is 4.72 Å². The normalized spacial score (nSPS) is 16.8.